The summed E-state index contributed by atoms with van der Waals surface area (Å²) < 4.78 is 5.85. The van der Waals surface area contributed by atoms with Gasteiger partial charge in [-0.25, -0.2) is 0 Å². The van der Waals surface area contributed by atoms with Crippen LogP contribution < -0.4 is 10.5 Å². The van der Waals surface area contributed by atoms with Crippen LogP contribution in [0.25, 0.3) is 0 Å². The summed E-state index contributed by atoms with van der Waals surface area (Å²) in [5, 5.41) is 10.9. The number of ether oxygens (including phenoxy) is 1. The van der Waals surface area contributed by atoms with E-state index in [1.54, 1.807) is 0 Å². The third-order valence-electron chi connectivity index (χ3n) is 4.84. The lowest BCUT2D eigenvalue weighted by atomic mass is 9.66. The van der Waals surface area contributed by atoms with Crippen molar-refractivity contribution in [3.05, 3.63) is 29.8 Å². The second-order valence-electron chi connectivity index (χ2n) is 5.98. The van der Waals surface area contributed by atoms with Gasteiger partial charge in [-0.3, -0.25) is 0 Å². The van der Waals surface area contributed by atoms with E-state index in [1.165, 1.54) is 0 Å². The highest BCUT2D eigenvalue weighted by atomic mass is 16.5. The van der Waals surface area contributed by atoms with Gasteiger partial charge in [-0.1, -0.05) is 18.2 Å². The van der Waals surface area contributed by atoms with Crippen LogP contribution in [0.5, 0.6) is 5.75 Å². The molecule has 1 aromatic carbocycles. The minimum Gasteiger partial charge on any atom is -0.493 e. The van der Waals surface area contributed by atoms with E-state index in [-0.39, 0.29) is 5.41 Å². The van der Waals surface area contributed by atoms with Crippen molar-refractivity contribution in [2.45, 2.75) is 31.8 Å². The average Bonchev–Trinajstić information content (AvgIpc) is 3.22. The third-order valence-corrected chi connectivity index (χ3v) is 4.84. The highest BCUT2D eigenvalue weighted by molar-refractivity contribution is 5.37. The zero-order chi connectivity index (χ0) is 12.8. The molecule has 98 valence electrons. The Bertz CT molecular complexity index is 454. The van der Waals surface area contributed by atoms with E-state index in [0.717, 1.165) is 30.6 Å². The lowest BCUT2D eigenvalue weighted by Gasteiger charge is -2.47. The second kappa shape index (κ2) is 3.97. The fourth-order valence-corrected chi connectivity index (χ4v) is 3.16. The van der Waals surface area contributed by atoms with Gasteiger partial charge in [0.2, 0.25) is 0 Å². The molecule has 3 nitrogen and oxygen atoms in total. The SMILES string of the molecule is CC(O)(C1CC1)C1(CN)COc2ccccc2C1. The van der Waals surface area contributed by atoms with E-state index in [2.05, 4.69) is 6.07 Å². The molecular weight excluding hydrogens is 226 g/mol. The highest BCUT2D eigenvalue weighted by Crippen LogP contribution is 2.51. The van der Waals surface area contributed by atoms with E-state index in [1.807, 2.05) is 25.1 Å². The van der Waals surface area contributed by atoms with Gasteiger partial charge in [-0.05, 0) is 43.7 Å². The molecule has 1 aromatic rings. The molecule has 3 heteroatoms. The quantitative estimate of drug-likeness (QED) is 0.855. The number of rotatable bonds is 3. The summed E-state index contributed by atoms with van der Waals surface area (Å²) >= 11 is 0. The maximum absolute atomic E-state index is 10.9. The van der Waals surface area contributed by atoms with Crippen LogP contribution in [0.15, 0.2) is 24.3 Å². The molecule has 2 unspecified atom stereocenters. The number of para-hydroxylation sites is 1. The lowest BCUT2D eigenvalue weighted by Crippen LogP contribution is -2.58. The first kappa shape index (κ1) is 12.0. The molecule has 0 radical (unpaired) electrons. The number of nitrogens with two attached hydrogens (primary N) is 1. The molecular formula is C15H21NO2. The number of hydrogen-bond acceptors (Lipinski definition) is 3. The molecule has 3 rings (SSSR count). The molecule has 1 saturated carbocycles. The van der Waals surface area contributed by atoms with Gasteiger partial charge in [0.1, 0.15) is 5.75 Å². The van der Waals surface area contributed by atoms with Crippen molar-refractivity contribution in [3.63, 3.8) is 0 Å². The van der Waals surface area contributed by atoms with Crippen LogP contribution in [0.1, 0.15) is 25.3 Å². The minimum atomic E-state index is -0.727. The van der Waals surface area contributed by atoms with Crippen molar-refractivity contribution >= 4 is 0 Å². The zero-order valence-electron chi connectivity index (χ0n) is 10.9. The van der Waals surface area contributed by atoms with E-state index < -0.39 is 5.60 Å². The fourth-order valence-electron chi connectivity index (χ4n) is 3.16. The molecule has 0 bridgehead atoms. The molecule has 1 heterocycles. The van der Waals surface area contributed by atoms with E-state index in [4.69, 9.17) is 10.5 Å². The molecule has 2 aliphatic rings. The smallest absolute Gasteiger partial charge is 0.122 e. The van der Waals surface area contributed by atoms with Crippen molar-refractivity contribution in [1.29, 1.82) is 0 Å². The molecule has 3 N–H and O–H groups in total. The molecule has 2 atom stereocenters. The van der Waals surface area contributed by atoms with Crippen LogP contribution in [0.3, 0.4) is 0 Å². The maximum Gasteiger partial charge on any atom is 0.122 e. The van der Waals surface area contributed by atoms with Gasteiger partial charge in [0.05, 0.1) is 12.2 Å². The normalized spacial score (nSPS) is 30.2. The van der Waals surface area contributed by atoms with Gasteiger partial charge in [-0.2, -0.15) is 0 Å². The lowest BCUT2D eigenvalue weighted by molar-refractivity contribution is -0.109. The predicted molar refractivity (Wildman–Crippen MR) is 70.5 cm³/mol. The van der Waals surface area contributed by atoms with Crippen molar-refractivity contribution in [3.8, 4) is 5.75 Å². The van der Waals surface area contributed by atoms with Gasteiger partial charge >= 0.3 is 0 Å². The summed E-state index contributed by atoms with van der Waals surface area (Å²) in [6.45, 7) is 2.92. The Balaban J connectivity index is 1.95. The molecule has 1 aliphatic heterocycles. The summed E-state index contributed by atoms with van der Waals surface area (Å²) in [6.07, 6.45) is 3.02. The first-order valence-corrected chi connectivity index (χ1v) is 6.72. The van der Waals surface area contributed by atoms with Crippen LogP contribution >= 0.6 is 0 Å². The van der Waals surface area contributed by atoms with Gasteiger partial charge in [-0.15, -0.1) is 0 Å². The maximum atomic E-state index is 10.9. The van der Waals surface area contributed by atoms with Crippen molar-refractivity contribution < 1.29 is 9.84 Å². The van der Waals surface area contributed by atoms with E-state index in [9.17, 15) is 5.11 Å². The molecule has 18 heavy (non-hydrogen) atoms. The minimum absolute atomic E-state index is 0.345. The standard InChI is InChI=1S/C15H21NO2/c1-14(17,12-6-7-12)15(9-16)8-11-4-2-3-5-13(11)18-10-15/h2-5,12,17H,6-10,16H2,1H3. The third kappa shape index (κ3) is 1.65. The van der Waals surface area contributed by atoms with Gasteiger partial charge in [0, 0.05) is 12.0 Å². The highest BCUT2D eigenvalue weighted by Gasteiger charge is 2.56. The van der Waals surface area contributed by atoms with Crippen molar-refractivity contribution in [1.82, 2.24) is 0 Å². The summed E-state index contributed by atoms with van der Waals surface area (Å²) in [4.78, 5) is 0. The summed E-state index contributed by atoms with van der Waals surface area (Å²) in [5.41, 5.74) is 6.10. The number of aliphatic hydroxyl groups is 1. The first-order valence-electron chi connectivity index (χ1n) is 6.72. The molecule has 0 aromatic heterocycles. The molecule has 0 amide bonds. The van der Waals surface area contributed by atoms with Crippen molar-refractivity contribution in [2.24, 2.45) is 17.1 Å². The monoisotopic (exact) mass is 247 g/mol. The summed E-state index contributed by atoms with van der Waals surface area (Å²) in [7, 11) is 0. The Kier molecular flexibility index (Phi) is 2.65. The summed E-state index contributed by atoms with van der Waals surface area (Å²) in [5.74, 6) is 1.32. The largest absolute Gasteiger partial charge is 0.493 e. The average molecular weight is 247 g/mol. The Morgan fingerprint density at radius 2 is 2.17 bits per heavy atom. The van der Waals surface area contributed by atoms with Gasteiger partial charge in [0.25, 0.3) is 0 Å². The Morgan fingerprint density at radius 1 is 1.44 bits per heavy atom. The van der Waals surface area contributed by atoms with Crippen molar-refractivity contribution in [2.75, 3.05) is 13.2 Å². The van der Waals surface area contributed by atoms with Crippen LogP contribution in [0.2, 0.25) is 0 Å². The van der Waals surface area contributed by atoms with Crippen LogP contribution in [0, 0.1) is 11.3 Å². The van der Waals surface area contributed by atoms with Gasteiger partial charge < -0.3 is 15.6 Å². The molecule has 1 fully saturated rings. The number of benzene rings is 1. The molecule has 1 aliphatic carbocycles. The van der Waals surface area contributed by atoms with Gasteiger partial charge in [0.15, 0.2) is 0 Å². The van der Waals surface area contributed by atoms with E-state index in [0.29, 0.717) is 19.1 Å². The summed E-state index contributed by atoms with van der Waals surface area (Å²) in [6, 6.07) is 8.05. The van der Waals surface area contributed by atoms with Crippen LogP contribution in [-0.4, -0.2) is 23.9 Å². The second-order valence-corrected chi connectivity index (χ2v) is 5.98. The Labute approximate surface area is 108 Å². The van der Waals surface area contributed by atoms with Crippen LogP contribution in [0.4, 0.5) is 0 Å². The topological polar surface area (TPSA) is 55.5 Å². The van der Waals surface area contributed by atoms with Crippen LogP contribution in [-0.2, 0) is 6.42 Å². The molecule has 0 spiro atoms. The van der Waals surface area contributed by atoms with E-state index >= 15 is 0 Å². The molecule has 0 saturated heterocycles. The zero-order valence-corrected chi connectivity index (χ0v) is 10.9. The number of hydrogen-bond donors (Lipinski definition) is 2. The first-order chi connectivity index (χ1) is 8.59. The predicted octanol–water partition coefficient (Wildman–Crippen LogP) is 1.73. The Hall–Kier alpha value is -1.06. The Morgan fingerprint density at radius 3 is 2.83 bits per heavy atom. The number of fused-ring (bicyclic) bond motifs is 1. The fraction of sp³-hybridized carbons (Fsp3) is 0.600.